The number of amides is 1. The van der Waals surface area contributed by atoms with Crippen molar-refractivity contribution in [1.82, 2.24) is 0 Å². The molecule has 0 unspecified atom stereocenters. The molecule has 172 valence electrons. The molecule has 0 saturated carbocycles. The van der Waals surface area contributed by atoms with Gasteiger partial charge >= 0.3 is 190 Å². The van der Waals surface area contributed by atoms with E-state index in [1.54, 1.807) is 0 Å². The molecule has 0 atom stereocenters. The summed E-state index contributed by atoms with van der Waals surface area (Å²) >= 11 is -2.62. The van der Waals surface area contributed by atoms with Gasteiger partial charge in [0.2, 0.25) is 0 Å². The van der Waals surface area contributed by atoms with E-state index in [-0.39, 0.29) is 6.09 Å². The van der Waals surface area contributed by atoms with Crippen LogP contribution in [0.1, 0.15) is 85.6 Å². The summed E-state index contributed by atoms with van der Waals surface area (Å²) < 4.78 is 10.9. The van der Waals surface area contributed by atoms with Crippen LogP contribution in [0.15, 0.2) is 24.3 Å². The molecule has 0 spiro atoms. The van der Waals surface area contributed by atoms with Crippen LogP contribution in [0.25, 0.3) is 0 Å². The molecule has 1 aromatic rings. The van der Waals surface area contributed by atoms with E-state index >= 15 is 0 Å². The molecule has 2 N–H and O–H groups in total. The van der Waals surface area contributed by atoms with Crippen molar-refractivity contribution in [3.63, 3.8) is 0 Å². The minimum absolute atomic E-state index is 0.214. The third-order valence-electron chi connectivity index (χ3n) is 5.79. The molecule has 4 nitrogen and oxygen atoms in total. The molecule has 0 fully saturated rings. The Bertz CT molecular complexity index is 606. The van der Waals surface area contributed by atoms with Crippen LogP contribution in [0, 0.1) is 0 Å². The number of nitrogens with two attached hydrogens (primary N) is 1. The van der Waals surface area contributed by atoms with Crippen molar-refractivity contribution in [3.05, 3.63) is 29.8 Å². The Morgan fingerprint density at radius 1 is 0.967 bits per heavy atom. The molecule has 1 rings (SSSR count). The van der Waals surface area contributed by atoms with Gasteiger partial charge in [-0.3, -0.25) is 0 Å². The Morgan fingerprint density at radius 3 is 1.90 bits per heavy atom. The van der Waals surface area contributed by atoms with Gasteiger partial charge < -0.3 is 0 Å². The van der Waals surface area contributed by atoms with Gasteiger partial charge in [-0.2, -0.15) is 0 Å². The summed E-state index contributed by atoms with van der Waals surface area (Å²) in [6.45, 7) is 13.1. The number of nitrogens with zero attached hydrogens (tertiary/aromatic N) is 1. The summed E-state index contributed by atoms with van der Waals surface area (Å²) in [5.74, 6) is 0. The Labute approximate surface area is 189 Å². The molecule has 0 heterocycles. The van der Waals surface area contributed by atoms with E-state index < -0.39 is 24.0 Å². The fraction of sp³-hybridized carbons (Fsp3) is 0.720. The predicted octanol–water partition coefficient (Wildman–Crippen LogP) is 7.28. The predicted molar refractivity (Wildman–Crippen MR) is 133 cm³/mol. The normalized spacial score (nSPS) is 12.1. The van der Waals surface area contributed by atoms with E-state index in [9.17, 15) is 4.79 Å². The second kappa shape index (κ2) is 13.6. The van der Waals surface area contributed by atoms with Crippen LogP contribution in [0.5, 0.6) is 0 Å². The first-order valence-electron chi connectivity index (χ1n) is 12.0. The second-order valence-corrected chi connectivity index (χ2v) is 23.5. The fourth-order valence-electron chi connectivity index (χ4n) is 4.11. The zero-order chi connectivity index (χ0) is 22.6. The third-order valence-corrected chi connectivity index (χ3v) is 20.7. The van der Waals surface area contributed by atoms with Crippen LogP contribution in [-0.2, 0) is 11.3 Å². The van der Waals surface area contributed by atoms with Gasteiger partial charge in [0.25, 0.3) is 0 Å². The maximum absolute atomic E-state index is 13.4. The zero-order valence-corrected chi connectivity index (χ0v) is 23.3. The molecule has 1 aromatic carbocycles. The number of hydrogen-bond acceptors (Lipinski definition) is 3. The van der Waals surface area contributed by atoms with E-state index in [1.807, 2.05) is 49.9 Å². The van der Waals surface area contributed by atoms with Crippen LogP contribution >= 0.6 is 0 Å². The Balaban J connectivity index is 3.39. The SMILES string of the molecule is CCC[CH2][Sn]([CH2]CCC)([CH2]CCC)[CH2]N(C(=O)OC(C)(C)C)c1ccccc1CN. The Morgan fingerprint density at radius 2 is 1.47 bits per heavy atom. The number of carbonyl (C=O) groups excluding carboxylic acids is 1. The van der Waals surface area contributed by atoms with Gasteiger partial charge in [-0.25, -0.2) is 0 Å². The third kappa shape index (κ3) is 9.17. The molecule has 0 aliphatic carbocycles. The molecule has 0 aliphatic heterocycles. The Hall–Kier alpha value is -0.751. The summed E-state index contributed by atoms with van der Waals surface area (Å²) in [5, 5.41) is 0. The van der Waals surface area contributed by atoms with Crippen LogP contribution in [-0.4, -0.2) is 34.6 Å². The Kier molecular flexibility index (Phi) is 12.4. The quantitative estimate of drug-likeness (QED) is 0.276. The average molecular weight is 525 g/mol. The molecule has 0 aliphatic rings. The van der Waals surface area contributed by atoms with Crippen molar-refractivity contribution in [2.45, 2.75) is 106 Å². The number of anilines is 1. The van der Waals surface area contributed by atoms with Gasteiger partial charge in [-0.15, -0.1) is 0 Å². The summed E-state index contributed by atoms with van der Waals surface area (Å²) in [5.41, 5.74) is 7.51. The number of unbranched alkanes of at least 4 members (excludes halogenated alkanes) is 3. The fourth-order valence-corrected chi connectivity index (χ4v) is 19.8. The summed E-state index contributed by atoms with van der Waals surface area (Å²) in [7, 11) is 0. The van der Waals surface area contributed by atoms with Crippen molar-refractivity contribution >= 4 is 30.2 Å². The molecular formula is C25H46N2O2Sn. The molecule has 0 saturated heterocycles. The van der Waals surface area contributed by atoms with Crippen molar-refractivity contribution in [2.24, 2.45) is 5.73 Å². The van der Waals surface area contributed by atoms with Gasteiger partial charge in [0.1, 0.15) is 0 Å². The first-order valence-corrected chi connectivity index (χ1v) is 20.1. The molecule has 0 aromatic heterocycles. The van der Waals surface area contributed by atoms with E-state index in [2.05, 4.69) is 20.8 Å². The molecular weight excluding hydrogens is 479 g/mol. The maximum atomic E-state index is 13.4. The molecule has 0 radical (unpaired) electrons. The standard InChI is InChI=1S/C13H19N2O2.3C4H9.Sn/c1-13(2,3)17-12(16)15(4)11-8-6-5-7-10(11)9-14;3*1-3-4-2;/h5-8H,4,9,14H2,1-3H3;3*1,3-4H2,2H3;. The molecule has 0 bridgehead atoms. The summed E-state index contributed by atoms with van der Waals surface area (Å²) in [6.07, 6.45) is 7.31. The number of benzene rings is 1. The van der Waals surface area contributed by atoms with Gasteiger partial charge in [0, 0.05) is 0 Å². The van der Waals surface area contributed by atoms with E-state index in [1.165, 1.54) is 51.8 Å². The molecule has 1 amide bonds. The van der Waals surface area contributed by atoms with Crippen molar-refractivity contribution in [1.29, 1.82) is 0 Å². The number of hydrogen-bond donors (Lipinski definition) is 1. The minimum atomic E-state index is -2.62. The van der Waals surface area contributed by atoms with E-state index in [4.69, 9.17) is 10.5 Å². The zero-order valence-electron chi connectivity index (χ0n) is 20.4. The topological polar surface area (TPSA) is 55.6 Å². The van der Waals surface area contributed by atoms with Crippen molar-refractivity contribution < 1.29 is 9.53 Å². The van der Waals surface area contributed by atoms with Crippen LogP contribution in [0.4, 0.5) is 10.5 Å². The van der Waals surface area contributed by atoms with Gasteiger partial charge in [0.05, 0.1) is 0 Å². The van der Waals surface area contributed by atoms with Gasteiger partial charge in [-0.05, 0) is 0 Å². The average Bonchev–Trinajstić information content (AvgIpc) is 2.71. The number of para-hydroxylation sites is 1. The number of carbonyl (C=O) groups is 1. The summed E-state index contributed by atoms with van der Waals surface area (Å²) in [4.78, 5) is 15.4. The number of ether oxygens (including phenoxy) is 1. The van der Waals surface area contributed by atoms with Gasteiger partial charge in [-0.1, -0.05) is 0 Å². The molecule has 30 heavy (non-hydrogen) atoms. The molecule has 5 heteroatoms. The summed E-state index contributed by atoms with van der Waals surface area (Å²) in [6, 6.07) is 8.09. The first-order chi connectivity index (χ1) is 14.2. The van der Waals surface area contributed by atoms with Crippen LogP contribution in [0.2, 0.25) is 13.3 Å². The van der Waals surface area contributed by atoms with E-state index in [0.717, 1.165) is 15.8 Å². The second-order valence-electron chi connectivity index (χ2n) is 9.71. The number of rotatable bonds is 13. The monoisotopic (exact) mass is 526 g/mol. The van der Waals surface area contributed by atoms with Crippen LogP contribution < -0.4 is 10.6 Å². The van der Waals surface area contributed by atoms with E-state index in [0.29, 0.717) is 6.54 Å². The first kappa shape index (κ1) is 27.3. The van der Waals surface area contributed by atoms with Crippen molar-refractivity contribution in [2.75, 3.05) is 9.46 Å². The van der Waals surface area contributed by atoms with Crippen LogP contribution in [0.3, 0.4) is 0 Å². The van der Waals surface area contributed by atoms with Crippen molar-refractivity contribution in [3.8, 4) is 0 Å². The van der Waals surface area contributed by atoms with Gasteiger partial charge in [0.15, 0.2) is 0 Å².